The van der Waals surface area contributed by atoms with Crippen molar-refractivity contribution in [3.05, 3.63) is 0 Å². The molecule has 1 aliphatic rings. The van der Waals surface area contributed by atoms with E-state index in [9.17, 15) is 9.59 Å². The van der Waals surface area contributed by atoms with Crippen molar-refractivity contribution >= 4 is 24.4 Å². The van der Waals surface area contributed by atoms with Crippen LogP contribution in [0.1, 0.15) is 6.92 Å². The minimum absolute atomic E-state index is 0.140. The zero-order valence-electron chi connectivity index (χ0n) is 5.50. The molecule has 0 aromatic rings. The highest BCUT2D eigenvalue weighted by molar-refractivity contribution is 7.82. The summed E-state index contributed by atoms with van der Waals surface area (Å²) in [6.07, 6.45) is 0. The van der Waals surface area contributed by atoms with Crippen LogP contribution < -0.4 is 5.43 Å². The van der Waals surface area contributed by atoms with Gasteiger partial charge in [-0.25, -0.2) is 0 Å². The van der Waals surface area contributed by atoms with Crippen molar-refractivity contribution in [2.75, 3.05) is 6.54 Å². The van der Waals surface area contributed by atoms with Crippen LogP contribution in [0, 0.1) is 0 Å². The van der Waals surface area contributed by atoms with Crippen molar-refractivity contribution < 1.29 is 9.59 Å². The number of β-lactam (4-membered cyclic amide) rings is 1. The fraction of sp³-hybridized carbons (Fsp3) is 0.600. The SMILES string of the molecule is CC(=O)NN1C[C@@H](S)C1=O. The lowest BCUT2D eigenvalue weighted by Crippen LogP contribution is -2.61. The summed E-state index contributed by atoms with van der Waals surface area (Å²) in [6.45, 7) is 1.86. The summed E-state index contributed by atoms with van der Waals surface area (Å²) in [5.41, 5.74) is 2.36. The molecule has 1 N–H and O–H groups in total. The summed E-state index contributed by atoms with van der Waals surface area (Å²) in [6, 6.07) is 0. The molecular weight excluding hydrogens is 152 g/mol. The Morgan fingerprint density at radius 1 is 1.90 bits per heavy atom. The van der Waals surface area contributed by atoms with Gasteiger partial charge in [0.1, 0.15) is 5.25 Å². The minimum Gasteiger partial charge on any atom is -0.274 e. The molecule has 1 saturated heterocycles. The van der Waals surface area contributed by atoms with Crippen molar-refractivity contribution in [1.82, 2.24) is 10.4 Å². The van der Waals surface area contributed by atoms with E-state index in [1.807, 2.05) is 0 Å². The molecule has 1 rings (SSSR count). The molecule has 0 bridgehead atoms. The first-order valence-electron chi connectivity index (χ1n) is 2.88. The highest BCUT2D eigenvalue weighted by atomic mass is 32.1. The van der Waals surface area contributed by atoms with E-state index < -0.39 is 0 Å². The Morgan fingerprint density at radius 3 is 2.80 bits per heavy atom. The number of hydrogen-bond acceptors (Lipinski definition) is 3. The molecule has 1 aliphatic heterocycles. The first-order valence-corrected chi connectivity index (χ1v) is 3.39. The second-order valence-electron chi connectivity index (χ2n) is 2.13. The lowest BCUT2D eigenvalue weighted by atomic mass is 10.2. The monoisotopic (exact) mass is 160 g/mol. The van der Waals surface area contributed by atoms with Crippen LogP contribution >= 0.6 is 12.6 Å². The third kappa shape index (κ3) is 1.23. The van der Waals surface area contributed by atoms with Gasteiger partial charge in [-0.2, -0.15) is 12.6 Å². The molecule has 4 nitrogen and oxygen atoms in total. The maximum absolute atomic E-state index is 10.7. The van der Waals surface area contributed by atoms with Gasteiger partial charge in [-0.3, -0.25) is 20.0 Å². The molecule has 1 atom stereocenters. The Kier molecular flexibility index (Phi) is 1.85. The Balaban J connectivity index is 2.34. The van der Waals surface area contributed by atoms with Gasteiger partial charge in [0.2, 0.25) is 5.91 Å². The highest BCUT2D eigenvalue weighted by Crippen LogP contribution is 2.11. The third-order valence-corrected chi connectivity index (χ3v) is 1.58. The maximum Gasteiger partial charge on any atom is 0.255 e. The predicted octanol–water partition coefficient (Wildman–Crippen LogP) is -0.822. The van der Waals surface area contributed by atoms with E-state index in [0.29, 0.717) is 6.54 Å². The van der Waals surface area contributed by atoms with Crippen LogP contribution in [0.4, 0.5) is 0 Å². The van der Waals surface area contributed by atoms with Crippen LogP contribution in [0.5, 0.6) is 0 Å². The lowest BCUT2D eigenvalue weighted by molar-refractivity contribution is -0.148. The van der Waals surface area contributed by atoms with Crippen LogP contribution in [-0.2, 0) is 9.59 Å². The number of hydrogen-bond donors (Lipinski definition) is 2. The molecule has 0 unspecified atom stereocenters. The van der Waals surface area contributed by atoms with Crippen LogP contribution in [0.3, 0.4) is 0 Å². The molecule has 0 saturated carbocycles. The van der Waals surface area contributed by atoms with E-state index in [4.69, 9.17) is 0 Å². The van der Waals surface area contributed by atoms with Crippen LogP contribution in [0.25, 0.3) is 0 Å². The van der Waals surface area contributed by atoms with Gasteiger partial charge in [0, 0.05) is 6.92 Å². The summed E-state index contributed by atoms with van der Waals surface area (Å²) < 4.78 is 0. The van der Waals surface area contributed by atoms with E-state index >= 15 is 0 Å². The van der Waals surface area contributed by atoms with E-state index in [1.54, 1.807) is 0 Å². The third-order valence-electron chi connectivity index (χ3n) is 1.20. The van der Waals surface area contributed by atoms with Crippen LogP contribution in [-0.4, -0.2) is 28.6 Å². The molecule has 56 valence electrons. The van der Waals surface area contributed by atoms with Gasteiger partial charge < -0.3 is 0 Å². The van der Waals surface area contributed by atoms with E-state index in [-0.39, 0.29) is 17.1 Å². The zero-order chi connectivity index (χ0) is 7.72. The molecule has 0 aromatic heterocycles. The quantitative estimate of drug-likeness (QED) is 0.389. The normalized spacial score (nSPS) is 24.0. The Bertz CT molecular complexity index is 182. The number of carbonyl (C=O) groups is 2. The molecule has 1 heterocycles. The lowest BCUT2D eigenvalue weighted by Gasteiger charge is -2.34. The maximum atomic E-state index is 10.7. The fourth-order valence-corrected chi connectivity index (χ4v) is 1.00. The largest absolute Gasteiger partial charge is 0.274 e. The average Bonchev–Trinajstić information content (AvgIpc) is 1.86. The van der Waals surface area contributed by atoms with E-state index in [1.165, 1.54) is 11.9 Å². The predicted molar refractivity (Wildman–Crippen MR) is 38.3 cm³/mol. The van der Waals surface area contributed by atoms with E-state index in [2.05, 4.69) is 18.1 Å². The number of hydrazine groups is 1. The van der Waals surface area contributed by atoms with Gasteiger partial charge in [-0.15, -0.1) is 0 Å². The Labute approximate surface area is 64.0 Å². The van der Waals surface area contributed by atoms with E-state index in [0.717, 1.165) is 0 Å². The van der Waals surface area contributed by atoms with Gasteiger partial charge in [-0.1, -0.05) is 0 Å². The summed E-state index contributed by atoms with van der Waals surface area (Å²) in [4.78, 5) is 21.1. The second-order valence-corrected chi connectivity index (χ2v) is 2.76. The molecule has 2 amide bonds. The average molecular weight is 160 g/mol. The van der Waals surface area contributed by atoms with Crippen LogP contribution in [0.2, 0.25) is 0 Å². The fourth-order valence-electron chi connectivity index (χ4n) is 0.699. The van der Waals surface area contributed by atoms with Gasteiger partial charge in [0.15, 0.2) is 0 Å². The van der Waals surface area contributed by atoms with Crippen LogP contribution in [0.15, 0.2) is 0 Å². The second kappa shape index (κ2) is 2.49. The van der Waals surface area contributed by atoms with Gasteiger partial charge in [0.05, 0.1) is 6.54 Å². The number of nitrogens with one attached hydrogen (secondary N) is 1. The smallest absolute Gasteiger partial charge is 0.255 e. The summed E-state index contributed by atoms with van der Waals surface area (Å²) in [5, 5.41) is 1.02. The van der Waals surface area contributed by atoms with Gasteiger partial charge in [-0.05, 0) is 0 Å². The Morgan fingerprint density at radius 2 is 2.50 bits per heavy atom. The molecule has 10 heavy (non-hydrogen) atoms. The number of nitrogens with zero attached hydrogens (tertiary/aromatic N) is 1. The Hall–Kier alpha value is -0.710. The highest BCUT2D eigenvalue weighted by Gasteiger charge is 2.34. The summed E-state index contributed by atoms with van der Waals surface area (Å²) in [7, 11) is 0. The first-order chi connectivity index (χ1) is 4.61. The molecule has 0 spiro atoms. The zero-order valence-corrected chi connectivity index (χ0v) is 6.39. The molecule has 1 fully saturated rings. The van der Waals surface area contributed by atoms with Crippen molar-refractivity contribution in [3.8, 4) is 0 Å². The standard InChI is InChI=1S/C5H8N2O2S/c1-3(8)6-7-2-4(10)5(7)9/h4,10H,2H2,1H3,(H,6,8)/t4-/m1/s1. The van der Waals surface area contributed by atoms with Gasteiger partial charge in [0.25, 0.3) is 5.91 Å². The number of carbonyl (C=O) groups excluding carboxylic acids is 2. The van der Waals surface area contributed by atoms with Crippen molar-refractivity contribution in [1.29, 1.82) is 0 Å². The minimum atomic E-state index is -0.230. The molecule has 0 aromatic carbocycles. The summed E-state index contributed by atoms with van der Waals surface area (Å²) >= 11 is 3.92. The number of rotatable bonds is 1. The topological polar surface area (TPSA) is 49.4 Å². The molecule has 0 radical (unpaired) electrons. The molecular formula is C5H8N2O2S. The summed E-state index contributed by atoms with van der Waals surface area (Å²) in [5.74, 6) is -0.368. The van der Waals surface area contributed by atoms with Crippen molar-refractivity contribution in [2.45, 2.75) is 12.2 Å². The molecule has 5 heteroatoms. The first kappa shape index (κ1) is 7.40. The molecule has 0 aliphatic carbocycles. The number of amides is 2. The van der Waals surface area contributed by atoms with Crippen molar-refractivity contribution in [2.24, 2.45) is 0 Å². The van der Waals surface area contributed by atoms with Gasteiger partial charge >= 0.3 is 0 Å². The van der Waals surface area contributed by atoms with Crippen molar-refractivity contribution in [3.63, 3.8) is 0 Å². The number of thiol groups is 1.